The molecule has 0 N–H and O–H groups in total. The third kappa shape index (κ3) is 12.0. The van der Waals surface area contributed by atoms with E-state index in [-0.39, 0.29) is 18.8 Å². The predicted molar refractivity (Wildman–Crippen MR) is 121 cm³/mol. The van der Waals surface area contributed by atoms with Gasteiger partial charge in [0.15, 0.2) is 0 Å². The zero-order valence-corrected chi connectivity index (χ0v) is 21.4. The molecule has 10 nitrogen and oxygen atoms in total. The molecule has 4 unspecified atom stereocenters. The number of hydrogen-bond acceptors (Lipinski definition) is 10. The standard InChI is InChI=1S/C25H42O10/c1-5-6-7-11-14-17(22(27)28)20(24(31)34-3)21(25(32)35-4)18(23(29)30)15-12-9-8-10-13-16-19(26)33-2/h17-18,20-21H,5-16H2,1-4H3,(H,27,28)(H,29,30)/p-2. The van der Waals surface area contributed by atoms with E-state index in [2.05, 4.69) is 4.74 Å². The Kier molecular flexibility index (Phi) is 17.2. The van der Waals surface area contributed by atoms with Crippen molar-refractivity contribution in [2.75, 3.05) is 21.3 Å². The lowest BCUT2D eigenvalue weighted by atomic mass is 9.71. The monoisotopic (exact) mass is 500 g/mol. The van der Waals surface area contributed by atoms with Gasteiger partial charge >= 0.3 is 17.9 Å². The van der Waals surface area contributed by atoms with Crippen LogP contribution in [0.4, 0.5) is 0 Å². The van der Waals surface area contributed by atoms with Gasteiger partial charge in [0.25, 0.3) is 0 Å². The number of unbranched alkanes of at least 4 members (excludes halogenated alkanes) is 7. The highest BCUT2D eigenvalue weighted by molar-refractivity contribution is 5.89. The fourth-order valence-electron chi connectivity index (χ4n) is 4.34. The Bertz CT molecular complexity index is 675. The van der Waals surface area contributed by atoms with E-state index in [1.807, 2.05) is 6.92 Å². The lowest BCUT2D eigenvalue weighted by Crippen LogP contribution is -2.50. The lowest BCUT2D eigenvalue weighted by Gasteiger charge is -2.36. The maximum absolute atomic E-state index is 12.7. The Morgan fingerprint density at radius 3 is 1.37 bits per heavy atom. The molecule has 0 aliphatic carbocycles. The summed E-state index contributed by atoms with van der Waals surface area (Å²) in [5, 5.41) is 24.1. The van der Waals surface area contributed by atoms with Crippen LogP contribution in [0.2, 0.25) is 0 Å². The number of ether oxygens (including phenoxy) is 3. The predicted octanol–water partition coefficient (Wildman–Crippen LogP) is 1.17. The van der Waals surface area contributed by atoms with Crippen LogP contribution < -0.4 is 10.2 Å². The van der Waals surface area contributed by atoms with Gasteiger partial charge in [-0.2, -0.15) is 0 Å². The molecule has 0 bridgehead atoms. The van der Waals surface area contributed by atoms with Crippen molar-refractivity contribution in [3.8, 4) is 0 Å². The summed E-state index contributed by atoms with van der Waals surface area (Å²) < 4.78 is 14.2. The van der Waals surface area contributed by atoms with E-state index >= 15 is 0 Å². The number of methoxy groups -OCH3 is 3. The molecular formula is C25H40O10-2. The second-order valence-corrected chi connectivity index (χ2v) is 8.68. The zero-order valence-electron chi connectivity index (χ0n) is 21.4. The number of carbonyl (C=O) groups is 5. The van der Waals surface area contributed by atoms with Crippen molar-refractivity contribution in [3.63, 3.8) is 0 Å². The maximum Gasteiger partial charge on any atom is 0.310 e. The normalized spacial score (nSPS) is 14.3. The third-order valence-corrected chi connectivity index (χ3v) is 6.30. The van der Waals surface area contributed by atoms with E-state index in [0.29, 0.717) is 32.1 Å². The number of hydrogen-bond donors (Lipinski definition) is 0. The van der Waals surface area contributed by atoms with Gasteiger partial charge in [-0.1, -0.05) is 58.3 Å². The fraction of sp³-hybridized carbons (Fsp3) is 0.800. The van der Waals surface area contributed by atoms with Crippen molar-refractivity contribution < 1.29 is 48.4 Å². The number of esters is 3. The quantitative estimate of drug-likeness (QED) is 0.135. The molecule has 0 rings (SSSR count). The smallest absolute Gasteiger partial charge is 0.310 e. The van der Waals surface area contributed by atoms with Crippen LogP contribution in [0, 0.1) is 23.7 Å². The lowest BCUT2D eigenvalue weighted by molar-refractivity contribution is -0.319. The molecule has 4 atom stereocenters. The van der Waals surface area contributed by atoms with Crippen molar-refractivity contribution in [2.24, 2.45) is 23.7 Å². The van der Waals surface area contributed by atoms with Gasteiger partial charge in [-0.25, -0.2) is 0 Å². The Morgan fingerprint density at radius 2 is 1.00 bits per heavy atom. The van der Waals surface area contributed by atoms with Crippen molar-refractivity contribution in [2.45, 2.75) is 84.0 Å². The number of carbonyl (C=O) groups excluding carboxylic acids is 5. The Balaban J connectivity index is 5.60. The first-order valence-corrected chi connectivity index (χ1v) is 12.3. The van der Waals surface area contributed by atoms with Gasteiger partial charge < -0.3 is 34.0 Å². The average Bonchev–Trinajstić information content (AvgIpc) is 2.83. The molecule has 0 heterocycles. The van der Waals surface area contributed by atoms with Crippen LogP contribution >= 0.6 is 0 Å². The Morgan fingerprint density at radius 1 is 0.600 bits per heavy atom. The second-order valence-electron chi connectivity index (χ2n) is 8.68. The molecule has 0 fully saturated rings. The van der Waals surface area contributed by atoms with Crippen LogP contribution in [0.15, 0.2) is 0 Å². The van der Waals surface area contributed by atoms with Gasteiger partial charge in [-0.05, 0) is 19.3 Å². The molecule has 202 valence electrons. The van der Waals surface area contributed by atoms with E-state index in [4.69, 9.17) is 9.47 Å². The van der Waals surface area contributed by atoms with Gasteiger partial charge in [0, 0.05) is 30.2 Å². The summed E-state index contributed by atoms with van der Waals surface area (Å²) in [7, 11) is 3.42. The zero-order chi connectivity index (χ0) is 26.8. The van der Waals surface area contributed by atoms with Crippen molar-refractivity contribution in [1.29, 1.82) is 0 Å². The van der Waals surface area contributed by atoms with E-state index in [0.717, 1.165) is 46.3 Å². The van der Waals surface area contributed by atoms with E-state index in [9.17, 15) is 34.2 Å². The van der Waals surface area contributed by atoms with Gasteiger partial charge in [0.2, 0.25) is 0 Å². The Hall–Kier alpha value is -2.65. The second kappa shape index (κ2) is 18.6. The van der Waals surface area contributed by atoms with Crippen LogP contribution in [-0.2, 0) is 38.2 Å². The first kappa shape index (κ1) is 32.4. The van der Waals surface area contributed by atoms with E-state index < -0.39 is 47.5 Å². The topological polar surface area (TPSA) is 159 Å². The first-order valence-electron chi connectivity index (χ1n) is 12.3. The molecule has 0 saturated heterocycles. The van der Waals surface area contributed by atoms with Crippen LogP contribution in [0.3, 0.4) is 0 Å². The molecule has 0 aromatic heterocycles. The highest BCUT2D eigenvalue weighted by atomic mass is 16.5. The third-order valence-electron chi connectivity index (χ3n) is 6.30. The summed E-state index contributed by atoms with van der Waals surface area (Å²) >= 11 is 0. The molecule has 0 amide bonds. The number of carboxylic acid groups (broad SMARTS) is 2. The molecule has 0 aliphatic rings. The van der Waals surface area contributed by atoms with Gasteiger partial charge in [0.1, 0.15) is 0 Å². The van der Waals surface area contributed by atoms with Crippen LogP contribution in [0.25, 0.3) is 0 Å². The van der Waals surface area contributed by atoms with Crippen LogP contribution in [-0.4, -0.2) is 51.2 Å². The minimum Gasteiger partial charge on any atom is -0.550 e. The molecule has 0 spiro atoms. The molecule has 0 saturated carbocycles. The maximum atomic E-state index is 12.7. The summed E-state index contributed by atoms with van der Waals surface area (Å²) in [5.41, 5.74) is 0. The largest absolute Gasteiger partial charge is 0.550 e. The van der Waals surface area contributed by atoms with Crippen molar-refractivity contribution in [1.82, 2.24) is 0 Å². The molecule has 35 heavy (non-hydrogen) atoms. The minimum absolute atomic E-state index is 0.0117. The molecular weight excluding hydrogens is 460 g/mol. The number of rotatable bonds is 20. The SMILES string of the molecule is CCCCCCC(C(=O)[O-])C(C(=O)OC)C(C(=O)OC)C(CCCCCCCC(=O)OC)C(=O)[O-]. The number of carboxylic acids is 2. The summed E-state index contributed by atoms with van der Waals surface area (Å²) in [6.07, 6.45) is 6.39. The van der Waals surface area contributed by atoms with Crippen LogP contribution in [0.5, 0.6) is 0 Å². The summed E-state index contributed by atoms with van der Waals surface area (Å²) in [5.74, 6) is -11.5. The van der Waals surface area contributed by atoms with Crippen molar-refractivity contribution in [3.05, 3.63) is 0 Å². The summed E-state index contributed by atoms with van der Waals surface area (Å²) in [6, 6.07) is 0. The molecule has 10 heteroatoms. The van der Waals surface area contributed by atoms with Crippen molar-refractivity contribution >= 4 is 29.8 Å². The molecule has 0 aliphatic heterocycles. The molecule has 0 aromatic rings. The summed E-state index contributed by atoms with van der Waals surface area (Å²) in [4.78, 5) is 60.6. The molecule has 0 aromatic carbocycles. The van der Waals surface area contributed by atoms with Gasteiger partial charge in [0.05, 0.1) is 33.2 Å². The van der Waals surface area contributed by atoms with Gasteiger partial charge in [-0.3, -0.25) is 14.4 Å². The van der Waals surface area contributed by atoms with Crippen LogP contribution in [0.1, 0.15) is 84.0 Å². The van der Waals surface area contributed by atoms with E-state index in [1.165, 1.54) is 7.11 Å². The highest BCUT2D eigenvalue weighted by Crippen LogP contribution is 2.35. The minimum atomic E-state index is -1.59. The fourth-order valence-corrected chi connectivity index (χ4v) is 4.34. The van der Waals surface area contributed by atoms with Gasteiger partial charge in [-0.15, -0.1) is 0 Å². The first-order chi connectivity index (χ1) is 16.7. The highest BCUT2D eigenvalue weighted by Gasteiger charge is 2.45. The molecule has 0 radical (unpaired) electrons. The number of aliphatic carboxylic acids is 2. The average molecular weight is 501 g/mol. The van der Waals surface area contributed by atoms with E-state index in [1.54, 1.807) is 0 Å². The Labute approximate surface area is 207 Å². The summed E-state index contributed by atoms with van der Waals surface area (Å²) in [6.45, 7) is 1.99.